The molecule has 2 aliphatic rings. The first-order valence-electron chi connectivity index (χ1n) is 7.38. The SMILES string of the molecule is O=C(CN=C1NS(=O)(=O)c2ccccc21)NCC1=CCNCC1. The summed E-state index contributed by atoms with van der Waals surface area (Å²) in [5.74, 6) is -0.0163. The normalized spacial score (nSPS) is 20.5. The van der Waals surface area contributed by atoms with Gasteiger partial charge in [-0.25, -0.2) is 8.42 Å². The lowest BCUT2D eigenvalue weighted by atomic mass is 10.1. The summed E-state index contributed by atoms with van der Waals surface area (Å²) < 4.78 is 26.2. The summed E-state index contributed by atoms with van der Waals surface area (Å²) in [5.41, 5.74) is 1.69. The number of amides is 1. The number of benzene rings is 1. The quantitative estimate of drug-likeness (QED) is 0.662. The van der Waals surface area contributed by atoms with Crippen molar-refractivity contribution in [3.63, 3.8) is 0 Å². The maximum atomic E-state index is 11.9. The summed E-state index contributed by atoms with van der Waals surface area (Å²) >= 11 is 0. The van der Waals surface area contributed by atoms with E-state index in [1.165, 1.54) is 11.6 Å². The molecule has 3 rings (SSSR count). The molecule has 2 aliphatic heterocycles. The van der Waals surface area contributed by atoms with E-state index in [-0.39, 0.29) is 23.2 Å². The number of nitrogens with zero attached hydrogens (tertiary/aromatic N) is 1. The molecule has 1 aromatic carbocycles. The lowest BCUT2D eigenvalue weighted by molar-refractivity contribution is -0.119. The van der Waals surface area contributed by atoms with Gasteiger partial charge in [-0.15, -0.1) is 0 Å². The molecule has 0 radical (unpaired) electrons. The number of carbonyl (C=O) groups is 1. The molecular formula is C15H18N4O3S. The van der Waals surface area contributed by atoms with Crippen LogP contribution in [0.15, 0.2) is 45.8 Å². The van der Waals surface area contributed by atoms with Gasteiger partial charge in [0.15, 0.2) is 0 Å². The molecule has 0 fully saturated rings. The van der Waals surface area contributed by atoms with E-state index in [4.69, 9.17) is 0 Å². The molecule has 0 atom stereocenters. The van der Waals surface area contributed by atoms with E-state index in [1.807, 2.05) is 0 Å². The predicted molar refractivity (Wildman–Crippen MR) is 86.7 cm³/mol. The van der Waals surface area contributed by atoms with Crippen LogP contribution in [0, 0.1) is 0 Å². The molecular weight excluding hydrogens is 316 g/mol. The van der Waals surface area contributed by atoms with Gasteiger partial charge < -0.3 is 10.6 Å². The van der Waals surface area contributed by atoms with Crippen LogP contribution in [0.25, 0.3) is 0 Å². The number of amidine groups is 1. The Hall–Kier alpha value is -2.19. The Bertz CT molecular complexity index is 784. The van der Waals surface area contributed by atoms with E-state index < -0.39 is 10.0 Å². The van der Waals surface area contributed by atoms with Gasteiger partial charge in [-0.3, -0.25) is 14.5 Å². The third-order valence-corrected chi connectivity index (χ3v) is 5.11. The maximum absolute atomic E-state index is 11.9. The van der Waals surface area contributed by atoms with Crippen molar-refractivity contribution < 1.29 is 13.2 Å². The largest absolute Gasteiger partial charge is 0.351 e. The molecule has 0 aliphatic carbocycles. The van der Waals surface area contributed by atoms with Crippen LogP contribution in [-0.2, 0) is 14.8 Å². The smallest absolute Gasteiger partial charge is 0.263 e. The highest BCUT2D eigenvalue weighted by Crippen LogP contribution is 2.21. The number of rotatable bonds is 4. The topological polar surface area (TPSA) is 99.7 Å². The Morgan fingerprint density at radius 3 is 2.91 bits per heavy atom. The van der Waals surface area contributed by atoms with Gasteiger partial charge in [0.1, 0.15) is 12.4 Å². The van der Waals surface area contributed by atoms with Crippen LogP contribution in [0.4, 0.5) is 0 Å². The molecule has 0 spiro atoms. The monoisotopic (exact) mass is 334 g/mol. The number of hydrogen-bond donors (Lipinski definition) is 3. The summed E-state index contributed by atoms with van der Waals surface area (Å²) in [6.07, 6.45) is 2.99. The molecule has 0 unspecified atom stereocenters. The molecule has 7 nitrogen and oxygen atoms in total. The second kappa shape index (κ2) is 6.51. The Balaban J connectivity index is 1.62. The van der Waals surface area contributed by atoms with Crippen LogP contribution >= 0.6 is 0 Å². The number of nitrogens with one attached hydrogen (secondary N) is 3. The number of aliphatic imine (C=N–C) groups is 1. The molecule has 8 heteroatoms. The van der Waals surface area contributed by atoms with E-state index in [9.17, 15) is 13.2 Å². The van der Waals surface area contributed by atoms with Crippen molar-refractivity contribution in [2.45, 2.75) is 11.3 Å². The van der Waals surface area contributed by atoms with Crippen LogP contribution in [0.3, 0.4) is 0 Å². The molecule has 1 amide bonds. The van der Waals surface area contributed by atoms with Crippen molar-refractivity contribution >= 4 is 21.8 Å². The molecule has 2 heterocycles. The van der Waals surface area contributed by atoms with Crippen LogP contribution in [0.5, 0.6) is 0 Å². The van der Waals surface area contributed by atoms with Gasteiger partial charge >= 0.3 is 0 Å². The van der Waals surface area contributed by atoms with Crippen LogP contribution in [0.1, 0.15) is 12.0 Å². The van der Waals surface area contributed by atoms with E-state index in [0.717, 1.165) is 19.5 Å². The minimum Gasteiger partial charge on any atom is -0.351 e. The lowest BCUT2D eigenvalue weighted by Gasteiger charge is -2.14. The second-order valence-electron chi connectivity index (χ2n) is 5.36. The molecule has 122 valence electrons. The molecule has 1 aromatic rings. The summed E-state index contributed by atoms with van der Waals surface area (Å²) in [5, 5.41) is 6.01. The molecule has 23 heavy (non-hydrogen) atoms. The van der Waals surface area contributed by atoms with Gasteiger partial charge in [0.25, 0.3) is 10.0 Å². The van der Waals surface area contributed by atoms with Gasteiger partial charge in [0.05, 0.1) is 4.90 Å². The number of hydrogen-bond acceptors (Lipinski definition) is 5. The van der Waals surface area contributed by atoms with Crippen LogP contribution in [0.2, 0.25) is 0 Å². The first-order valence-corrected chi connectivity index (χ1v) is 8.86. The van der Waals surface area contributed by atoms with E-state index in [0.29, 0.717) is 12.1 Å². The highest BCUT2D eigenvalue weighted by molar-refractivity contribution is 7.90. The first kappa shape index (κ1) is 15.7. The van der Waals surface area contributed by atoms with Gasteiger partial charge in [-0.05, 0) is 25.1 Å². The zero-order valence-corrected chi connectivity index (χ0v) is 13.3. The zero-order chi connectivity index (χ0) is 16.3. The zero-order valence-electron chi connectivity index (χ0n) is 12.5. The number of carbonyl (C=O) groups excluding carboxylic acids is 1. The molecule has 0 saturated heterocycles. The van der Waals surface area contributed by atoms with Crippen LogP contribution in [-0.4, -0.2) is 46.3 Å². The summed E-state index contributed by atoms with van der Waals surface area (Å²) in [4.78, 5) is 16.2. The minimum absolute atomic E-state index is 0.113. The highest BCUT2D eigenvalue weighted by Gasteiger charge is 2.30. The average Bonchev–Trinajstić information content (AvgIpc) is 2.83. The maximum Gasteiger partial charge on any atom is 0.263 e. The van der Waals surface area contributed by atoms with E-state index >= 15 is 0 Å². The standard InChI is InChI=1S/C15H18N4O3S/c20-14(17-9-11-5-7-16-8-6-11)10-18-15-12-3-1-2-4-13(12)23(21,22)19-15/h1-5,16H,6-10H2,(H,17,20)(H,18,19). The van der Waals surface area contributed by atoms with Crippen molar-refractivity contribution in [3.05, 3.63) is 41.5 Å². The predicted octanol–water partition coefficient (Wildman–Crippen LogP) is -0.239. The third kappa shape index (κ3) is 3.59. The third-order valence-electron chi connectivity index (χ3n) is 3.71. The van der Waals surface area contributed by atoms with Crippen LogP contribution < -0.4 is 15.4 Å². The number of sulfonamides is 1. The lowest BCUT2D eigenvalue weighted by Crippen LogP contribution is -2.31. The van der Waals surface area contributed by atoms with E-state index in [2.05, 4.69) is 26.4 Å². The van der Waals surface area contributed by atoms with Gasteiger partial charge in [0, 0.05) is 18.7 Å². The molecule has 0 aromatic heterocycles. The highest BCUT2D eigenvalue weighted by atomic mass is 32.2. The number of fused-ring (bicyclic) bond motifs is 1. The van der Waals surface area contributed by atoms with Crippen molar-refractivity contribution in [2.24, 2.45) is 4.99 Å². The Morgan fingerprint density at radius 2 is 2.13 bits per heavy atom. The summed E-state index contributed by atoms with van der Waals surface area (Å²) in [7, 11) is -3.56. The van der Waals surface area contributed by atoms with Crippen molar-refractivity contribution in [2.75, 3.05) is 26.2 Å². The van der Waals surface area contributed by atoms with Crippen molar-refractivity contribution in [3.8, 4) is 0 Å². The van der Waals surface area contributed by atoms with Gasteiger partial charge in [0.2, 0.25) is 5.91 Å². The van der Waals surface area contributed by atoms with Gasteiger partial charge in [-0.2, -0.15) is 0 Å². The summed E-state index contributed by atoms with van der Waals surface area (Å²) in [6.45, 7) is 2.14. The fourth-order valence-electron chi connectivity index (χ4n) is 2.50. The Labute approximate surface area is 134 Å². The summed E-state index contributed by atoms with van der Waals surface area (Å²) in [6, 6.07) is 6.58. The molecule has 0 bridgehead atoms. The van der Waals surface area contributed by atoms with E-state index in [1.54, 1.807) is 18.2 Å². The fraction of sp³-hybridized carbons (Fsp3) is 0.333. The molecule has 0 saturated carbocycles. The van der Waals surface area contributed by atoms with Crippen molar-refractivity contribution in [1.82, 2.24) is 15.4 Å². The average molecular weight is 334 g/mol. The Kier molecular flexibility index (Phi) is 4.44. The van der Waals surface area contributed by atoms with Gasteiger partial charge in [-0.1, -0.05) is 23.8 Å². The second-order valence-corrected chi connectivity index (χ2v) is 7.01. The molecule has 3 N–H and O–H groups in total. The fourth-order valence-corrected chi connectivity index (χ4v) is 3.75. The van der Waals surface area contributed by atoms with Crippen molar-refractivity contribution in [1.29, 1.82) is 0 Å². The Morgan fingerprint density at radius 1 is 1.30 bits per heavy atom. The minimum atomic E-state index is -3.56. The first-order chi connectivity index (χ1) is 11.1.